The molecule has 0 atom stereocenters. The van der Waals surface area contributed by atoms with Crippen LogP contribution >= 0.6 is 0 Å². The molecule has 1 aromatic rings. The van der Waals surface area contributed by atoms with Crippen molar-refractivity contribution in [2.24, 2.45) is 5.41 Å². The maximum Gasteiger partial charge on any atom is 0.178 e. The van der Waals surface area contributed by atoms with Crippen molar-refractivity contribution in [1.29, 1.82) is 5.26 Å². The number of sulfone groups is 1. The predicted octanol–water partition coefficient (Wildman–Crippen LogP) is 3.70. The number of hydrogen-bond donors (Lipinski definition) is 0. The van der Waals surface area contributed by atoms with Crippen molar-refractivity contribution < 1.29 is 8.42 Å². The van der Waals surface area contributed by atoms with Gasteiger partial charge in [-0.3, -0.25) is 0 Å². The minimum Gasteiger partial charge on any atom is -0.224 e. The van der Waals surface area contributed by atoms with Gasteiger partial charge in [0.2, 0.25) is 0 Å². The standard InChI is InChI=1S/C16H23NO2S/c1-15(2,3)13-6-8-14(9-7-13)20(18,19)11-10-16(4,5)12-17/h6-9H,10-11H2,1-5H3. The van der Waals surface area contributed by atoms with Gasteiger partial charge in [0.25, 0.3) is 0 Å². The molecule has 0 fully saturated rings. The molecule has 1 rings (SSSR count). The first kappa shape index (κ1) is 16.7. The van der Waals surface area contributed by atoms with Crippen molar-refractivity contribution in [3.8, 4) is 6.07 Å². The summed E-state index contributed by atoms with van der Waals surface area (Å²) < 4.78 is 24.5. The van der Waals surface area contributed by atoms with Crippen LogP contribution in [0.5, 0.6) is 0 Å². The SMILES string of the molecule is CC(C)(C#N)CCS(=O)(=O)c1ccc(C(C)(C)C)cc1. The normalized spacial score (nSPS) is 13.0. The summed E-state index contributed by atoms with van der Waals surface area (Å²) in [5, 5.41) is 8.94. The second-order valence-corrected chi connectivity index (χ2v) is 8.95. The number of hydrogen-bond acceptors (Lipinski definition) is 3. The van der Waals surface area contributed by atoms with E-state index >= 15 is 0 Å². The van der Waals surface area contributed by atoms with Crippen LogP contribution in [0.15, 0.2) is 29.2 Å². The van der Waals surface area contributed by atoms with E-state index in [0.29, 0.717) is 11.3 Å². The van der Waals surface area contributed by atoms with Crippen LogP contribution < -0.4 is 0 Å². The molecule has 0 aliphatic heterocycles. The summed E-state index contributed by atoms with van der Waals surface area (Å²) >= 11 is 0. The lowest BCUT2D eigenvalue weighted by atomic mass is 9.87. The minimum absolute atomic E-state index is 0.00241. The van der Waals surface area contributed by atoms with Crippen LogP contribution in [0, 0.1) is 16.7 Å². The molecule has 0 aliphatic rings. The Morgan fingerprint density at radius 1 is 1.05 bits per heavy atom. The molecular weight excluding hydrogens is 270 g/mol. The van der Waals surface area contributed by atoms with Gasteiger partial charge in [0.1, 0.15) is 0 Å². The van der Waals surface area contributed by atoms with Gasteiger partial charge in [0, 0.05) is 0 Å². The molecule has 3 nitrogen and oxygen atoms in total. The van der Waals surface area contributed by atoms with Crippen molar-refractivity contribution in [3.05, 3.63) is 29.8 Å². The fourth-order valence-corrected chi connectivity index (χ4v) is 3.29. The van der Waals surface area contributed by atoms with Crippen molar-refractivity contribution >= 4 is 9.84 Å². The van der Waals surface area contributed by atoms with Crippen molar-refractivity contribution in [2.45, 2.75) is 51.3 Å². The van der Waals surface area contributed by atoms with Crippen LogP contribution in [-0.4, -0.2) is 14.2 Å². The van der Waals surface area contributed by atoms with Gasteiger partial charge in [-0.25, -0.2) is 8.42 Å². The topological polar surface area (TPSA) is 57.9 Å². The maximum atomic E-state index is 12.2. The van der Waals surface area contributed by atoms with Crippen LogP contribution in [-0.2, 0) is 15.3 Å². The van der Waals surface area contributed by atoms with Gasteiger partial charge in [-0.2, -0.15) is 5.26 Å². The summed E-state index contributed by atoms with van der Waals surface area (Å²) in [5.74, 6) is 0.00241. The minimum atomic E-state index is -3.32. The highest BCUT2D eigenvalue weighted by molar-refractivity contribution is 7.91. The average molecular weight is 293 g/mol. The van der Waals surface area contributed by atoms with Gasteiger partial charge < -0.3 is 0 Å². The Morgan fingerprint density at radius 2 is 1.55 bits per heavy atom. The molecule has 0 spiro atoms. The summed E-state index contributed by atoms with van der Waals surface area (Å²) in [4.78, 5) is 0.333. The highest BCUT2D eigenvalue weighted by Gasteiger charge is 2.23. The van der Waals surface area contributed by atoms with E-state index in [0.717, 1.165) is 5.56 Å². The molecule has 0 bridgehead atoms. The number of rotatable bonds is 4. The molecule has 0 saturated carbocycles. The van der Waals surface area contributed by atoms with Crippen LogP contribution in [0.4, 0.5) is 0 Å². The van der Waals surface area contributed by atoms with E-state index in [1.165, 1.54) is 0 Å². The molecule has 0 aromatic heterocycles. The summed E-state index contributed by atoms with van der Waals surface area (Å²) in [6.45, 7) is 9.78. The maximum absolute atomic E-state index is 12.2. The average Bonchev–Trinajstić information content (AvgIpc) is 2.36. The molecule has 4 heteroatoms. The van der Waals surface area contributed by atoms with Gasteiger partial charge in [0.05, 0.1) is 22.1 Å². The molecule has 0 amide bonds. The third-order valence-corrected chi connectivity index (χ3v) is 5.11. The molecule has 110 valence electrons. The van der Waals surface area contributed by atoms with Gasteiger partial charge >= 0.3 is 0 Å². The Balaban J connectivity index is 2.92. The van der Waals surface area contributed by atoms with E-state index < -0.39 is 15.3 Å². The van der Waals surface area contributed by atoms with E-state index in [9.17, 15) is 8.42 Å². The van der Waals surface area contributed by atoms with E-state index in [-0.39, 0.29) is 11.2 Å². The first-order chi connectivity index (χ1) is 8.98. The van der Waals surface area contributed by atoms with Gasteiger partial charge in [-0.05, 0) is 43.4 Å². The summed E-state index contributed by atoms with van der Waals surface area (Å²) in [7, 11) is -3.32. The zero-order valence-electron chi connectivity index (χ0n) is 12.9. The highest BCUT2D eigenvalue weighted by Crippen LogP contribution is 2.25. The van der Waals surface area contributed by atoms with E-state index in [1.54, 1.807) is 26.0 Å². The Bertz CT molecular complexity index is 599. The monoisotopic (exact) mass is 293 g/mol. The second kappa shape index (κ2) is 5.57. The Morgan fingerprint density at radius 3 is 1.95 bits per heavy atom. The van der Waals surface area contributed by atoms with Crippen LogP contribution in [0.1, 0.15) is 46.6 Å². The molecule has 0 unspecified atom stereocenters. The molecule has 0 radical (unpaired) electrons. The molecule has 1 aromatic carbocycles. The van der Waals surface area contributed by atoms with Crippen molar-refractivity contribution in [2.75, 3.05) is 5.75 Å². The lowest BCUT2D eigenvalue weighted by molar-refractivity contribution is 0.473. The fourth-order valence-electron chi connectivity index (χ4n) is 1.73. The predicted molar refractivity (Wildman–Crippen MR) is 81.2 cm³/mol. The van der Waals surface area contributed by atoms with E-state index in [1.807, 2.05) is 12.1 Å². The lowest BCUT2D eigenvalue weighted by Gasteiger charge is -2.19. The molecule has 0 aliphatic carbocycles. The number of nitrogens with zero attached hydrogens (tertiary/aromatic N) is 1. The van der Waals surface area contributed by atoms with Crippen molar-refractivity contribution in [1.82, 2.24) is 0 Å². The number of nitriles is 1. The van der Waals surface area contributed by atoms with Gasteiger partial charge in [-0.1, -0.05) is 32.9 Å². The first-order valence-corrected chi connectivity index (χ1v) is 8.38. The molecule has 0 N–H and O–H groups in total. The molecular formula is C16H23NO2S. The van der Waals surface area contributed by atoms with Crippen molar-refractivity contribution in [3.63, 3.8) is 0 Å². The zero-order valence-corrected chi connectivity index (χ0v) is 13.7. The third kappa shape index (κ3) is 4.35. The highest BCUT2D eigenvalue weighted by atomic mass is 32.2. The second-order valence-electron chi connectivity index (χ2n) is 6.84. The first-order valence-electron chi connectivity index (χ1n) is 6.72. The van der Waals surface area contributed by atoms with Gasteiger partial charge in [0.15, 0.2) is 9.84 Å². The quantitative estimate of drug-likeness (QED) is 0.850. The lowest BCUT2D eigenvalue weighted by Crippen LogP contribution is -2.17. The van der Waals surface area contributed by atoms with Crippen LogP contribution in [0.3, 0.4) is 0 Å². The fraction of sp³-hybridized carbons (Fsp3) is 0.562. The van der Waals surface area contributed by atoms with Crippen LogP contribution in [0.2, 0.25) is 0 Å². The molecule has 20 heavy (non-hydrogen) atoms. The smallest absolute Gasteiger partial charge is 0.178 e. The number of benzene rings is 1. The molecule has 0 saturated heterocycles. The summed E-state index contributed by atoms with van der Waals surface area (Å²) in [6.07, 6.45) is 0.340. The summed E-state index contributed by atoms with van der Waals surface area (Å²) in [5.41, 5.74) is 0.498. The van der Waals surface area contributed by atoms with E-state index in [4.69, 9.17) is 5.26 Å². The van der Waals surface area contributed by atoms with Gasteiger partial charge in [-0.15, -0.1) is 0 Å². The van der Waals surface area contributed by atoms with Crippen LogP contribution in [0.25, 0.3) is 0 Å². The summed E-state index contributed by atoms with van der Waals surface area (Å²) in [6, 6.07) is 9.18. The zero-order chi connectivity index (χ0) is 15.6. The van der Waals surface area contributed by atoms with E-state index in [2.05, 4.69) is 26.8 Å². The Kier molecular flexibility index (Phi) is 4.66. The Labute approximate surface area is 122 Å². The molecule has 0 heterocycles. The largest absolute Gasteiger partial charge is 0.224 e. The Hall–Kier alpha value is -1.34. The third-order valence-electron chi connectivity index (χ3n) is 3.38.